The molecule has 2 atom stereocenters. The molecule has 0 radical (unpaired) electrons. The molecule has 0 spiro atoms. The monoisotopic (exact) mass is 540 g/mol. The molecule has 0 amide bonds. The average Bonchev–Trinajstić information content (AvgIpc) is 3.26. The number of benzene rings is 3. The van der Waals surface area contributed by atoms with Crippen LogP contribution in [0.1, 0.15) is 61.5 Å². The summed E-state index contributed by atoms with van der Waals surface area (Å²) >= 11 is 0. The molecule has 4 nitrogen and oxygen atoms in total. The van der Waals surface area contributed by atoms with Gasteiger partial charge in [-0.05, 0) is 60.2 Å². The topological polar surface area (TPSA) is 51.1 Å². The van der Waals surface area contributed by atoms with Gasteiger partial charge >= 0.3 is 6.18 Å². The molecule has 4 aromatic rings. The fraction of sp³-hybridized carbons (Fsp3) is 0.267. The van der Waals surface area contributed by atoms with Crippen molar-refractivity contribution in [2.45, 2.75) is 56.6 Å². The predicted molar refractivity (Wildman–Crippen MR) is 146 cm³/mol. The van der Waals surface area contributed by atoms with Crippen LogP contribution in [-0.4, -0.2) is 18.6 Å². The predicted octanol–water partition coefficient (Wildman–Crippen LogP) is 7.71. The van der Waals surface area contributed by atoms with Crippen molar-refractivity contribution in [1.82, 2.24) is 9.29 Å². The highest BCUT2D eigenvalue weighted by molar-refractivity contribution is 7.90. The maximum absolute atomic E-state index is 13.9. The van der Waals surface area contributed by atoms with Crippen molar-refractivity contribution in [3.63, 3.8) is 0 Å². The van der Waals surface area contributed by atoms with Gasteiger partial charge in [-0.1, -0.05) is 75.0 Å². The Morgan fingerprint density at radius 1 is 0.947 bits per heavy atom. The summed E-state index contributed by atoms with van der Waals surface area (Å²) < 4.78 is 67.6. The van der Waals surface area contributed by atoms with Crippen LogP contribution in [0.2, 0.25) is 0 Å². The number of rotatable bonds is 9. The first kappa shape index (κ1) is 27.5. The van der Waals surface area contributed by atoms with Crippen molar-refractivity contribution >= 4 is 20.9 Å². The number of halogens is 3. The van der Waals surface area contributed by atoms with E-state index in [0.29, 0.717) is 29.1 Å². The van der Waals surface area contributed by atoms with Crippen molar-refractivity contribution in [1.29, 1.82) is 0 Å². The van der Waals surface area contributed by atoms with E-state index in [4.69, 9.17) is 0 Å². The highest BCUT2D eigenvalue weighted by atomic mass is 32.2. The van der Waals surface area contributed by atoms with E-state index in [-0.39, 0.29) is 4.90 Å². The van der Waals surface area contributed by atoms with E-state index in [1.54, 1.807) is 49.4 Å². The summed E-state index contributed by atoms with van der Waals surface area (Å²) in [6.07, 6.45) is -3.22. The van der Waals surface area contributed by atoms with Crippen LogP contribution >= 0.6 is 0 Å². The van der Waals surface area contributed by atoms with Crippen LogP contribution in [0.25, 0.3) is 10.9 Å². The molecule has 1 heterocycles. The number of alkyl halides is 3. The van der Waals surface area contributed by atoms with Gasteiger partial charge in [-0.2, -0.15) is 13.2 Å². The minimum Gasteiger partial charge on any atom is -0.375 e. The maximum Gasteiger partial charge on any atom is 0.430 e. The smallest absolute Gasteiger partial charge is 0.375 e. The average molecular weight is 541 g/mol. The Balaban J connectivity index is 1.66. The number of para-hydroxylation sites is 1. The number of aromatic nitrogens is 1. The van der Waals surface area contributed by atoms with Crippen molar-refractivity contribution in [3.8, 4) is 0 Å². The molecule has 0 saturated carbocycles. The zero-order valence-corrected chi connectivity index (χ0v) is 22.4. The van der Waals surface area contributed by atoms with Crippen LogP contribution in [-0.2, 0) is 16.4 Å². The van der Waals surface area contributed by atoms with Gasteiger partial charge in [0, 0.05) is 23.5 Å². The summed E-state index contributed by atoms with van der Waals surface area (Å²) in [4.78, 5) is 0.215. The van der Waals surface area contributed by atoms with Crippen molar-refractivity contribution in [2.75, 3.05) is 0 Å². The summed E-state index contributed by atoms with van der Waals surface area (Å²) in [5, 5.41) is 3.19. The number of nitrogens with zero attached hydrogens (tertiary/aromatic N) is 1. The molecule has 8 heteroatoms. The van der Waals surface area contributed by atoms with E-state index in [2.05, 4.69) is 25.7 Å². The molecule has 1 aromatic heterocycles. The first-order valence-corrected chi connectivity index (χ1v) is 13.9. The second-order valence-electron chi connectivity index (χ2n) is 9.60. The summed E-state index contributed by atoms with van der Waals surface area (Å²) in [7, 11) is -3.88. The van der Waals surface area contributed by atoms with Crippen LogP contribution in [0.15, 0.2) is 96.0 Å². The van der Waals surface area contributed by atoms with Crippen LogP contribution in [0, 0.1) is 0 Å². The third kappa shape index (κ3) is 5.65. The summed E-state index contributed by atoms with van der Waals surface area (Å²) in [5.74, 6) is 0.335. The zero-order valence-electron chi connectivity index (χ0n) is 21.6. The Bertz CT molecular complexity index is 1540. The molecule has 1 N–H and O–H groups in total. The lowest BCUT2D eigenvalue weighted by Gasteiger charge is -2.19. The van der Waals surface area contributed by atoms with Gasteiger partial charge in [0.05, 0.1) is 10.4 Å². The quantitative estimate of drug-likeness (QED) is 0.237. The summed E-state index contributed by atoms with van der Waals surface area (Å²) in [6, 6.07) is 22.8. The van der Waals surface area contributed by atoms with Crippen molar-refractivity contribution in [2.24, 2.45) is 0 Å². The third-order valence-corrected chi connectivity index (χ3v) is 8.72. The third-order valence-electron chi connectivity index (χ3n) is 6.94. The second kappa shape index (κ2) is 10.7. The van der Waals surface area contributed by atoms with Crippen LogP contribution < -0.4 is 5.32 Å². The molecule has 0 aliphatic heterocycles. The lowest BCUT2D eigenvalue weighted by Crippen LogP contribution is -2.27. The molecule has 0 aliphatic carbocycles. The molecule has 0 saturated heterocycles. The minimum absolute atomic E-state index is 0.215. The number of nitrogens with one attached hydrogen (secondary N) is 1. The van der Waals surface area contributed by atoms with Crippen LogP contribution in [0.4, 0.5) is 13.2 Å². The lowest BCUT2D eigenvalue weighted by molar-refractivity contribution is -0.0972. The zero-order chi connectivity index (χ0) is 27.7. The number of fused-ring (bicyclic) bond motifs is 1. The van der Waals surface area contributed by atoms with Gasteiger partial charge in [0.25, 0.3) is 10.0 Å². The standard InChI is InChI=1S/C30H31F3N2O2S/c1-5-20(2)24-14-16-28(17-15-24)38(36,37)35-27(19-26-8-6-7-9-29(26)35)18-23-10-12-25(13-11-23)21(3)34-22(4)30(31,32)33/h6-17,19-21,34H,4-5,18H2,1-3H3/t20?,21-/m0/s1. The Labute approximate surface area is 221 Å². The normalized spacial score (nSPS) is 13.8. The SMILES string of the molecule is C=C(N[C@@H](C)c1ccc(Cc2cc3ccccc3n2S(=O)(=O)c2ccc(C(C)CC)cc2)cc1)C(F)(F)F. The fourth-order valence-electron chi connectivity index (χ4n) is 4.46. The molecule has 0 bridgehead atoms. The first-order chi connectivity index (χ1) is 17.9. The lowest BCUT2D eigenvalue weighted by atomic mass is 9.99. The molecule has 4 rings (SSSR count). The Morgan fingerprint density at radius 2 is 1.55 bits per heavy atom. The molecule has 0 fully saturated rings. The Morgan fingerprint density at radius 3 is 2.16 bits per heavy atom. The van der Waals surface area contributed by atoms with Crippen LogP contribution in [0.3, 0.4) is 0 Å². The molecular weight excluding hydrogens is 509 g/mol. The van der Waals surface area contributed by atoms with Gasteiger partial charge in [-0.3, -0.25) is 0 Å². The highest BCUT2D eigenvalue weighted by Crippen LogP contribution is 2.29. The molecular formula is C30H31F3N2O2S. The van der Waals surface area contributed by atoms with Gasteiger partial charge in [0.1, 0.15) is 5.70 Å². The summed E-state index contributed by atoms with van der Waals surface area (Å²) in [6.45, 7) is 8.89. The Kier molecular flexibility index (Phi) is 7.74. The van der Waals surface area contributed by atoms with E-state index >= 15 is 0 Å². The number of hydrogen-bond acceptors (Lipinski definition) is 3. The van der Waals surface area contributed by atoms with Crippen molar-refractivity contribution < 1.29 is 21.6 Å². The molecule has 38 heavy (non-hydrogen) atoms. The van der Waals surface area contributed by atoms with E-state index in [9.17, 15) is 21.6 Å². The minimum atomic E-state index is -4.51. The van der Waals surface area contributed by atoms with Crippen LogP contribution in [0.5, 0.6) is 0 Å². The van der Waals surface area contributed by atoms with Crippen molar-refractivity contribution in [3.05, 3.63) is 114 Å². The second-order valence-corrected chi connectivity index (χ2v) is 11.4. The van der Waals surface area contributed by atoms with E-state index in [0.717, 1.165) is 22.9 Å². The van der Waals surface area contributed by atoms with Gasteiger partial charge in [0.15, 0.2) is 0 Å². The number of hydrogen-bond donors (Lipinski definition) is 1. The van der Waals surface area contributed by atoms with E-state index in [1.807, 2.05) is 36.4 Å². The fourth-order valence-corrected chi connectivity index (χ4v) is 6.01. The maximum atomic E-state index is 13.9. The Hall–Kier alpha value is -3.52. The van der Waals surface area contributed by atoms with Gasteiger partial charge < -0.3 is 5.32 Å². The molecule has 1 unspecified atom stereocenters. The van der Waals surface area contributed by atoms with E-state index in [1.165, 1.54) is 3.97 Å². The molecule has 200 valence electrons. The largest absolute Gasteiger partial charge is 0.430 e. The highest BCUT2D eigenvalue weighted by Gasteiger charge is 2.33. The molecule has 3 aromatic carbocycles. The van der Waals surface area contributed by atoms with Gasteiger partial charge in [0.2, 0.25) is 0 Å². The molecule has 0 aliphatic rings. The summed E-state index contributed by atoms with van der Waals surface area (Å²) in [5.41, 5.74) is 2.78. The first-order valence-electron chi connectivity index (χ1n) is 12.5. The van der Waals surface area contributed by atoms with E-state index < -0.39 is 27.9 Å². The van der Waals surface area contributed by atoms with Gasteiger partial charge in [-0.25, -0.2) is 12.4 Å². The number of allylic oxidation sites excluding steroid dienone is 1. The van der Waals surface area contributed by atoms with Gasteiger partial charge in [-0.15, -0.1) is 0 Å².